The molecule has 0 aromatic rings. The Kier molecular flexibility index (Phi) is 4.11. The molecule has 25 heavy (non-hydrogen) atoms. The summed E-state index contributed by atoms with van der Waals surface area (Å²) in [6, 6.07) is 0. The largest absolute Gasteiger partial charge is 0.299 e. The molecule has 0 bridgehead atoms. The van der Waals surface area contributed by atoms with E-state index < -0.39 is 0 Å². The first-order valence-electron chi connectivity index (χ1n) is 9.18. The van der Waals surface area contributed by atoms with Crippen molar-refractivity contribution in [3.05, 3.63) is 36.0 Å². The van der Waals surface area contributed by atoms with Crippen LogP contribution in [0, 0.1) is 38.4 Å². The first-order chi connectivity index (χ1) is 11.9. The van der Waals surface area contributed by atoms with Crippen LogP contribution in [0.5, 0.6) is 0 Å². The van der Waals surface area contributed by atoms with Crippen molar-refractivity contribution in [1.29, 1.82) is 0 Å². The summed E-state index contributed by atoms with van der Waals surface area (Å²) < 4.78 is 3.02. The van der Waals surface area contributed by atoms with Crippen LogP contribution in [0.25, 0.3) is 0 Å². The standard InChI is InChI=1S/C22H23IO2/c1-14-12-16-17-4-5-20(25)21(17,2)9-7-18(16)22(8-3-11-23)10-6-15(24)13-19(14)22/h6,10,13,16-18H,1,4-5,7-9,12H2,2H3/t16-,17-,18-,21-,22+/m0/s1. The summed E-state index contributed by atoms with van der Waals surface area (Å²) in [4.78, 5) is 24.6. The summed E-state index contributed by atoms with van der Waals surface area (Å²) in [6.07, 6.45) is 11.0. The molecule has 4 rings (SSSR count). The monoisotopic (exact) mass is 446 g/mol. The average molecular weight is 446 g/mol. The summed E-state index contributed by atoms with van der Waals surface area (Å²) >= 11 is 2.09. The predicted molar refractivity (Wildman–Crippen MR) is 107 cm³/mol. The molecule has 0 aromatic carbocycles. The van der Waals surface area contributed by atoms with Gasteiger partial charge in [0.25, 0.3) is 0 Å². The fourth-order valence-corrected chi connectivity index (χ4v) is 6.43. The molecule has 0 spiro atoms. The van der Waals surface area contributed by atoms with E-state index in [9.17, 15) is 9.59 Å². The molecule has 0 aliphatic heterocycles. The lowest BCUT2D eigenvalue weighted by atomic mass is 9.46. The molecule has 0 aromatic heterocycles. The van der Waals surface area contributed by atoms with Crippen molar-refractivity contribution < 1.29 is 9.59 Å². The second-order valence-corrected chi connectivity index (χ2v) is 8.92. The molecule has 0 amide bonds. The van der Waals surface area contributed by atoms with Crippen molar-refractivity contribution in [2.45, 2.75) is 45.4 Å². The quantitative estimate of drug-likeness (QED) is 0.429. The molecular formula is C22H23IO2. The molecule has 3 saturated carbocycles. The second kappa shape index (κ2) is 5.94. The number of rotatable bonds is 1. The van der Waals surface area contributed by atoms with Gasteiger partial charge in [0.1, 0.15) is 5.78 Å². The van der Waals surface area contributed by atoms with Gasteiger partial charge in [0.15, 0.2) is 5.78 Å². The molecule has 5 atom stereocenters. The Morgan fingerprint density at radius 2 is 2.12 bits per heavy atom. The molecule has 0 radical (unpaired) electrons. The van der Waals surface area contributed by atoms with Crippen LogP contribution in [-0.2, 0) is 9.59 Å². The van der Waals surface area contributed by atoms with Gasteiger partial charge in [-0.25, -0.2) is 0 Å². The maximum Gasteiger partial charge on any atom is 0.178 e. The van der Waals surface area contributed by atoms with Gasteiger partial charge in [0.2, 0.25) is 0 Å². The number of halogens is 1. The Bertz CT molecular complexity index is 793. The van der Waals surface area contributed by atoms with Gasteiger partial charge >= 0.3 is 0 Å². The zero-order chi connectivity index (χ0) is 17.8. The van der Waals surface area contributed by atoms with E-state index in [0.29, 0.717) is 23.5 Å². The highest BCUT2D eigenvalue weighted by molar-refractivity contribution is 14.1. The van der Waals surface area contributed by atoms with Crippen LogP contribution in [-0.4, -0.2) is 11.6 Å². The lowest BCUT2D eigenvalue weighted by molar-refractivity contribution is -0.131. The molecule has 3 heteroatoms. The van der Waals surface area contributed by atoms with Crippen LogP contribution in [0.3, 0.4) is 0 Å². The van der Waals surface area contributed by atoms with Crippen molar-refractivity contribution in [2.75, 3.05) is 0 Å². The van der Waals surface area contributed by atoms with Gasteiger partial charge in [0.05, 0.1) is 0 Å². The average Bonchev–Trinajstić information content (AvgIpc) is 2.90. The third-order valence-corrected chi connectivity index (χ3v) is 7.83. The Balaban J connectivity index is 1.81. The molecule has 4 aliphatic carbocycles. The maximum absolute atomic E-state index is 12.5. The van der Waals surface area contributed by atoms with E-state index in [1.807, 2.05) is 0 Å². The maximum atomic E-state index is 12.5. The number of hydrogen-bond acceptors (Lipinski definition) is 2. The van der Waals surface area contributed by atoms with Gasteiger partial charge in [0, 0.05) is 46.3 Å². The summed E-state index contributed by atoms with van der Waals surface area (Å²) in [5.74, 6) is 5.18. The van der Waals surface area contributed by atoms with Crippen LogP contribution in [0.15, 0.2) is 36.0 Å². The number of fused-ring (bicyclic) bond motifs is 5. The second-order valence-electron chi connectivity index (χ2n) is 8.38. The molecule has 0 heterocycles. The van der Waals surface area contributed by atoms with E-state index >= 15 is 0 Å². The number of allylic oxidation sites excluding steroid dienone is 5. The molecule has 2 nitrogen and oxygen atoms in total. The number of Topliss-reactive ketones (excluding diaryl/α,β-unsaturated/α-hetero) is 1. The fourth-order valence-electron chi connectivity index (χ4n) is 6.24. The van der Waals surface area contributed by atoms with Crippen molar-refractivity contribution in [3.8, 4) is 9.85 Å². The normalized spacial score (nSPS) is 42.1. The van der Waals surface area contributed by atoms with Crippen LogP contribution in [0.2, 0.25) is 0 Å². The fraction of sp³-hybridized carbons (Fsp3) is 0.545. The number of ketones is 2. The van der Waals surface area contributed by atoms with Crippen molar-refractivity contribution in [3.63, 3.8) is 0 Å². The Morgan fingerprint density at radius 1 is 1.32 bits per heavy atom. The highest BCUT2D eigenvalue weighted by Gasteiger charge is 2.60. The van der Waals surface area contributed by atoms with E-state index in [1.165, 1.54) is 0 Å². The predicted octanol–water partition coefficient (Wildman–Crippen LogP) is 4.80. The summed E-state index contributed by atoms with van der Waals surface area (Å²) in [6.45, 7) is 6.53. The van der Waals surface area contributed by atoms with E-state index in [-0.39, 0.29) is 16.6 Å². The third-order valence-electron chi connectivity index (χ3n) is 7.45. The van der Waals surface area contributed by atoms with Crippen LogP contribution in [0.1, 0.15) is 45.4 Å². The van der Waals surface area contributed by atoms with E-state index in [2.05, 4.69) is 52.0 Å². The minimum atomic E-state index is -0.195. The van der Waals surface area contributed by atoms with E-state index in [4.69, 9.17) is 0 Å². The zero-order valence-corrected chi connectivity index (χ0v) is 16.8. The Labute approximate surface area is 163 Å². The van der Waals surface area contributed by atoms with Crippen LogP contribution >= 0.6 is 22.6 Å². The first kappa shape index (κ1) is 17.3. The van der Waals surface area contributed by atoms with Crippen molar-refractivity contribution in [2.24, 2.45) is 28.6 Å². The van der Waals surface area contributed by atoms with Gasteiger partial charge in [-0.1, -0.05) is 31.1 Å². The summed E-state index contributed by atoms with van der Waals surface area (Å²) in [7, 11) is 0. The number of hydrogen-bond donors (Lipinski definition) is 0. The molecule has 130 valence electrons. The SMILES string of the molecule is C=C1C[C@H]2[C@@H]3CCC(=O)[C@@]3(C)CC[C@@H]2[C@@]2(CC#CI)C=CC(=O)C=C12. The van der Waals surface area contributed by atoms with Crippen LogP contribution in [0.4, 0.5) is 0 Å². The Morgan fingerprint density at radius 3 is 2.88 bits per heavy atom. The molecule has 0 saturated heterocycles. The molecule has 0 unspecified atom stereocenters. The van der Waals surface area contributed by atoms with Gasteiger partial charge < -0.3 is 0 Å². The lowest BCUT2D eigenvalue weighted by Crippen LogP contribution is -2.51. The smallest absolute Gasteiger partial charge is 0.178 e. The van der Waals surface area contributed by atoms with Crippen molar-refractivity contribution >= 4 is 34.2 Å². The minimum Gasteiger partial charge on any atom is -0.299 e. The van der Waals surface area contributed by atoms with E-state index in [1.54, 1.807) is 12.2 Å². The highest BCUT2D eigenvalue weighted by Crippen LogP contribution is 2.65. The number of carbonyl (C=O) groups excluding carboxylic acids is 2. The number of carbonyl (C=O) groups is 2. The molecular weight excluding hydrogens is 423 g/mol. The lowest BCUT2D eigenvalue weighted by Gasteiger charge is -2.56. The third kappa shape index (κ3) is 2.36. The van der Waals surface area contributed by atoms with Gasteiger partial charge in [-0.3, -0.25) is 9.59 Å². The van der Waals surface area contributed by atoms with Crippen molar-refractivity contribution in [1.82, 2.24) is 0 Å². The molecule has 0 N–H and O–H groups in total. The Hall–Kier alpha value is -1.15. The van der Waals surface area contributed by atoms with Gasteiger partial charge in [-0.05, 0) is 65.1 Å². The minimum absolute atomic E-state index is 0.0596. The van der Waals surface area contributed by atoms with E-state index in [0.717, 1.165) is 49.7 Å². The molecule has 3 fully saturated rings. The highest BCUT2D eigenvalue weighted by atomic mass is 127. The first-order valence-corrected chi connectivity index (χ1v) is 10.3. The summed E-state index contributed by atoms with van der Waals surface area (Å²) in [5.41, 5.74) is 1.85. The topological polar surface area (TPSA) is 34.1 Å². The van der Waals surface area contributed by atoms with Gasteiger partial charge in [-0.2, -0.15) is 0 Å². The zero-order valence-electron chi connectivity index (χ0n) is 14.6. The summed E-state index contributed by atoms with van der Waals surface area (Å²) in [5, 5.41) is 0. The van der Waals surface area contributed by atoms with Crippen LogP contribution < -0.4 is 0 Å². The molecule has 4 aliphatic rings. The van der Waals surface area contributed by atoms with Gasteiger partial charge in [-0.15, -0.1) is 0 Å².